The number of hydrogen-bond donors (Lipinski definition) is 1. The van der Waals surface area contributed by atoms with E-state index in [2.05, 4.69) is 12.2 Å². The molecule has 0 bridgehead atoms. The fourth-order valence-electron chi connectivity index (χ4n) is 1.91. The maximum atomic E-state index is 11.9. The molecule has 0 radical (unpaired) electrons. The summed E-state index contributed by atoms with van der Waals surface area (Å²) in [5.41, 5.74) is 0. The Morgan fingerprint density at radius 3 is 2.87 bits per heavy atom. The van der Waals surface area contributed by atoms with Crippen molar-refractivity contribution in [1.29, 1.82) is 0 Å². The monoisotopic (exact) mass is 233 g/mol. The van der Waals surface area contributed by atoms with E-state index in [1.807, 2.05) is 6.92 Å². The van der Waals surface area contributed by atoms with Crippen molar-refractivity contribution in [2.45, 2.75) is 45.3 Å². The zero-order valence-electron chi connectivity index (χ0n) is 9.46. The number of alkyl halides is 1. The highest BCUT2D eigenvalue weighted by atomic mass is 35.5. The summed E-state index contributed by atoms with van der Waals surface area (Å²) in [6, 6.07) is 0.0947. The molecular weight excluding hydrogens is 214 g/mol. The number of halogens is 1. The minimum Gasteiger partial charge on any atom is -0.377 e. The van der Waals surface area contributed by atoms with Gasteiger partial charge in [0.1, 0.15) is 0 Å². The topological polar surface area (TPSA) is 38.3 Å². The summed E-state index contributed by atoms with van der Waals surface area (Å²) in [4.78, 5) is 11.9. The standard InChI is InChI=1S/C11H20ClNO2/c1-3-8(7-12)13-11(14)9-5-6-15-10(9)4-2/h8-10H,3-7H2,1-2H3,(H,13,14). The molecule has 1 rings (SSSR count). The minimum atomic E-state index is 0.0206. The fourth-order valence-corrected chi connectivity index (χ4v) is 2.20. The van der Waals surface area contributed by atoms with Gasteiger partial charge in [0.25, 0.3) is 0 Å². The quantitative estimate of drug-likeness (QED) is 0.737. The summed E-state index contributed by atoms with van der Waals surface area (Å²) in [5, 5.41) is 2.97. The molecule has 1 N–H and O–H groups in total. The maximum absolute atomic E-state index is 11.9. The second-order valence-electron chi connectivity index (χ2n) is 3.98. The molecule has 15 heavy (non-hydrogen) atoms. The van der Waals surface area contributed by atoms with Gasteiger partial charge in [0.2, 0.25) is 5.91 Å². The van der Waals surface area contributed by atoms with E-state index < -0.39 is 0 Å². The Balaban J connectivity index is 2.45. The van der Waals surface area contributed by atoms with Crippen LogP contribution >= 0.6 is 11.6 Å². The van der Waals surface area contributed by atoms with Crippen molar-refractivity contribution in [2.75, 3.05) is 12.5 Å². The molecule has 0 aliphatic carbocycles. The summed E-state index contributed by atoms with van der Waals surface area (Å²) in [7, 11) is 0. The van der Waals surface area contributed by atoms with Gasteiger partial charge in [-0.25, -0.2) is 0 Å². The van der Waals surface area contributed by atoms with Crippen molar-refractivity contribution < 1.29 is 9.53 Å². The lowest BCUT2D eigenvalue weighted by atomic mass is 9.98. The molecule has 88 valence electrons. The number of carbonyl (C=O) groups is 1. The number of amides is 1. The number of carbonyl (C=O) groups excluding carboxylic acids is 1. The zero-order chi connectivity index (χ0) is 11.3. The molecule has 1 saturated heterocycles. The third-order valence-electron chi connectivity index (χ3n) is 2.97. The molecule has 1 heterocycles. The van der Waals surface area contributed by atoms with Gasteiger partial charge in [0.05, 0.1) is 12.0 Å². The predicted octanol–water partition coefficient (Wildman–Crippen LogP) is 1.94. The third-order valence-corrected chi connectivity index (χ3v) is 3.35. The first-order valence-electron chi connectivity index (χ1n) is 5.70. The predicted molar refractivity (Wildman–Crippen MR) is 61.1 cm³/mol. The highest BCUT2D eigenvalue weighted by molar-refractivity contribution is 6.18. The van der Waals surface area contributed by atoms with E-state index in [-0.39, 0.29) is 24.0 Å². The van der Waals surface area contributed by atoms with Gasteiger partial charge in [0, 0.05) is 18.5 Å². The molecule has 0 aromatic rings. The van der Waals surface area contributed by atoms with Crippen molar-refractivity contribution in [1.82, 2.24) is 5.32 Å². The number of ether oxygens (including phenoxy) is 1. The van der Waals surface area contributed by atoms with Crippen LogP contribution in [0.2, 0.25) is 0 Å². The molecule has 1 aliphatic heterocycles. The van der Waals surface area contributed by atoms with Gasteiger partial charge in [-0.1, -0.05) is 13.8 Å². The molecule has 0 saturated carbocycles. The van der Waals surface area contributed by atoms with Crippen LogP contribution in [0.15, 0.2) is 0 Å². The molecule has 1 aliphatic rings. The van der Waals surface area contributed by atoms with E-state index in [4.69, 9.17) is 16.3 Å². The number of hydrogen-bond acceptors (Lipinski definition) is 2. The second-order valence-corrected chi connectivity index (χ2v) is 4.29. The van der Waals surface area contributed by atoms with Gasteiger partial charge < -0.3 is 10.1 Å². The van der Waals surface area contributed by atoms with Gasteiger partial charge in [-0.3, -0.25) is 4.79 Å². The minimum absolute atomic E-state index is 0.0206. The summed E-state index contributed by atoms with van der Waals surface area (Å²) >= 11 is 5.74. The van der Waals surface area contributed by atoms with Gasteiger partial charge in [-0.15, -0.1) is 11.6 Å². The Morgan fingerprint density at radius 1 is 1.60 bits per heavy atom. The van der Waals surface area contributed by atoms with Crippen LogP contribution in [-0.2, 0) is 9.53 Å². The van der Waals surface area contributed by atoms with Gasteiger partial charge in [0.15, 0.2) is 0 Å². The number of nitrogens with one attached hydrogen (secondary N) is 1. The molecule has 1 fully saturated rings. The van der Waals surface area contributed by atoms with Crippen LogP contribution in [0.25, 0.3) is 0 Å². The van der Waals surface area contributed by atoms with E-state index in [0.717, 1.165) is 19.3 Å². The Bertz CT molecular complexity index is 207. The zero-order valence-corrected chi connectivity index (χ0v) is 10.2. The first-order valence-corrected chi connectivity index (χ1v) is 6.24. The van der Waals surface area contributed by atoms with Gasteiger partial charge >= 0.3 is 0 Å². The Labute approximate surface area is 96.5 Å². The number of rotatable bonds is 5. The van der Waals surface area contributed by atoms with Crippen molar-refractivity contribution in [3.05, 3.63) is 0 Å². The molecule has 3 unspecified atom stereocenters. The highest BCUT2D eigenvalue weighted by Crippen LogP contribution is 2.23. The third kappa shape index (κ3) is 3.35. The molecule has 0 spiro atoms. The van der Waals surface area contributed by atoms with Crippen molar-refractivity contribution >= 4 is 17.5 Å². The molecule has 3 atom stereocenters. The molecule has 1 amide bonds. The van der Waals surface area contributed by atoms with Crippen LogP contribution in [0.4, 0.5) is 0 Å². The van der Waals surface area contributed by atoms with E-state index in [0.29, 0.717) is 12.5 Å². The van der Waals surface area contributed by atoms with Crippen molar-refractivity contribution in [3.8, 4) is 0 Å². The SMILES string of the molecule is CCC(CCl)NC(=O)C1CCOC1CC. The normalized spacial score (nSPS) is 27.7. The molecule has 0 aromatic heterocycles. The maximum Gasteiger partial charge on any atom is 0.226 e. The van der Waals surface area contributed by atoms with Crippen LogP contribution in [0.3, 0.4) is 0 Å². The smallest absolute Gasteiger partial charge is 0.226 e. The van der Waals surface area contributed by atoms with Gasteiger partial charge in [-0.2, -0.15) is 0 Å². The van der Waals surface area contributed by atoms with Crippen LogP contribution in [0.1, 0.15) is 33.1 Å². The summed E-state index contributed by atoms with van der Waals surface area (Å²) in [5.74, 6) is 0.603. The van der Waals surface area contributed by atoms with Crippen LogP contribution in [0, 0.1) is 5.92 Å². The molecular formula is C11H20ClNO2. The van der Waals surface area contributed by atoms with Crippen LogP contribution < -0.4 is 5.32 Å². The van der Waals surface area contributed by atoms with Crippen molar-refractivity contribution in [3.63, 3.8) is 0 Å². The first-order chi connectivity index (χ1) is 7.22. The van der Waals surface area contributed by atoms with E-state index in [1.165, 1.54) is 0 Å². The first kappa shape index (κ1) is 12.8. The Morgan fingerprint density at radius 2 is 2.33 bits per heavy atom. The lowest BCUT2D eigenvalue weighted by Crippen LogP contribution is -2.41. The van der Waals surface area contributed by atoms with E-state index >= 15 is 0 Å². The second kappa shape index (κ2) is 6.33. The summed E-state index contributed by atoms with van der Waals surface area (Å²) < 4.78 is 5.49. The average Bonchev–Trinajstić information content (AvgIpc) is 2.73. The van der Waals surface area contributed by atoms with Crippen LogP contribution in [0.5, 0.6) is 0 Å². The van der Waals surface area contributed by atoms with Crippen LogP contribution in [-0.4, -0.2) is 30.5 Å². The summed E-state index contributed by atoms with van der Waals surface area (Å²) in [6.07, 6.45) is 2.70. The molecule has 3 nitrogen and oxygen atoms in total. The summed E-state index contributed by atoms with van der Waals surface area (Å²) in [6.45, 7) is 4.78. The lowest BCUT2D eigenvalue weighted by molar-refractivity contribution is -0.127. The Kier molecular flexibility index (Phi) is 5.40. The van der Waals surface area contributed by atoms with E-state index in [1.54, 1.807) is 0 Å². The Hall–Kier alpha value is -0.280. The molecule has 0 aromatic carbocycles. The highest BCUT2D eigenvalue weighted by Gasteiger charge is 2.33. The van der Waals surface area contributed by atoms with Gasteiger partial charge in [-0.05, 0) is 19.3 Å². The lowest BCUT2D eigenvalue weighted by Gasteiger charge is -2.20. The molecule has 4 heteroatoms. The largest absolute Gasteiger partial charge is 0.377 e. The van der Waals surface area contributed by atoms with E-state index in [9.17, 15) is 4.79 Å². The average molecular weight is 234 g/mol. The fraction of sp³-hybridized carbons (Fsp3) is 0.909. The van der Waals surface area contributed by atoms with Crippen molar-refractivity contribution in [2.24, 2.45) is 5.92 Å².